The molecule has 0 N–H and O–H groups in total. The van der Waals surface area contributed by atoms with Gasteiger partial charge in [-0.15, -0.1) is 6.58 Å². The third kappa shape index (κ3) is 4.40. The maximum Gasteiger partial charge on any atom is 0.139 e. The van der Waals surface area contributed by atoms with Gasteiger partial charge in [0.2, 0.25) is 0 Å². The van der Waals surface area contributed by atoms with E-state index in [1.807, 2.05) is 6.08 Å². The van der Waals surface area contributed by atoms with E-state index in [4.69, 9.17) is 9.98 Å². The molecule has 0 spiro atoms. The van der Waals surface area contributed by atoms with Gasteiger partial charge in [0.05, 0.1) is 0 Å². The molecule has 0 saturated carbocycles. The maximum absolute atomic E-state index is 5.21. The van der Waals surface area contributed by atoms with Crippen LogP contribution in [-0.2, 0) is 0 Å². The highest BCUT2D eigenvalue weighted by atomic mass is 15.3. The van der Waals surface area contributed by atoms with Crippen LogP contribution < -0.4 is 10.4 Å². The largest absolute Gasteiger partial charge is 0.357 e. The summed E-state index contributed by atoms with van der Waals surface area (Å²) in [6.45, 7) is 26.7. The van der Waals surface area contributed by atoms with Crippen LogP contribution in [0.2, 0.25) is 0 Å². The number of hydrogen-bond donors (Lipinski definition) is 0. The first kappa shape index (κ1) is 24.9. The Labute approximate surface area is 200 Å². The minimum Gasteiger partial charge on any atom is -0.357 e. The van der Waals surface area contributed by atoms with Crippen molar-refractivity contribution < 1.29 is 0 Å². The summed E-state index contributed by atoms with van der Waals surface area (Å²) >= 11 is 0. The number of likely N-dealkylation sites (N-methyl/N-ethyl adjacent to an activating group) is 1. The molecule has 2 heterocycles. The van der Waals surface area contributed by atoms with E-state index >= 15 is 0 Å². The lowest BCUT2D eigenvalue weighted by Crippen LogP contribution is -2.37. The molecule has 0 fully saturated rings. The number of hydrogen-bond acceptors (Lipinski definition) is 6. The Morgan fingerprint density at radius 1 is 0.606 bits per heavy atom. The molecule has 33 heavy (non-hydrogen) atoms. The smallest absolute Gasteiger partial charge is 0.139 e. The normalized spacial score (nSPS) is 14.0. The summed E-state index contributed by atoms with van der Waals surface area (Å²) in [4.78, 5) is 19.8. The van der Waals surface area contributed by atoms with E-state index in [0.717, 1.165) is 75.7 Å². The minimum absolute atomic E-state index is 0.783. The van der Waals surface area contributed by atoms with E-state index in [1.165, 1.54) is 21.6 Å². The van der Waals surface area contributed by atoms with Crippen molar-refractivity contribution in [2.45, 2.75) is 48.5 Å². The molecule has 0 bridgehead atoms. The van der Waals surface area contributed by atoms with Gasteiger partial charge in [0.25, 0.3) is 0 Å². The van der Waals surface area contributed by atoms with E-state index in [9.17, 15) is 0 Å². The van der Waals surface area contributed by atoms with Crippen molar-refractivity contribution in [3.63, 3.8) is 0 Å². The SMILES string of the molecule is C=CCN(CC)C1=NC(N(CC)CC)=c2cc3c(cc21)=C(N(CC)CC)N=C3N(CC)CC. The van der Waals surface area contributed by atoms with Crippen molar-refractivity contribution in [1.82, 2.24) is 19.6 Å². The number of rotatable bonds is 11. The average molecular weight is 451 g/mol. The highest BCUT2D eigenvalue weighted by Gasteiger charge is 2.29. The van der Waals surface area contributed by atoms with Crippen molar-refractivity contribution in [2.24, 2.45) is 9.98 Å². The predicted molar refractivity (Wildman–Crippen MR) is 142 cm³/mol. The lowest BCUT2D eigenvalue weighted by Gasteiger charge is -2.23. The number of fused-ring (bicyclic) bond motifs is 2. The Morgan fingerprint density at radius 3 is 1.30 bits per heavy atom. The van der Waals surface area contributed by atoms with Crippen molar-refractivity contribution in [1.29, 1.82) is 0 Å². The van der Waals surface area contributed by atoms with Gasteiger partial charge in [-0.2, -0.15) is 0 Å². The fourth-order valence-corrected chi connectivity index (χ4v) is 4.84. The lowest BCUT2D eigenvalue weighted by molar-refractivity contribution is 0.429. The molecule has 3 rings (SSSR count). The third-order valence-electron chi connectivity index (χ3n) is 6.76. The summed E-state index contributed by atoms with van der Waals surface area (Å²) < 4.78 is 0. The molecule has 180 valence electrons. The van der Waals surface area contributed by atoms with Crippen molar-refractivity contribution in [2.75, 3.05) is 52.4 Å². The number of amidine groups is 2. The molecule has 2 aliphatic heterocycles. The van der Waals surface area contributed by atoms with Crippen LogP contribution in [0.5, 0.6) is 0 Å². The van der Waals surface area contributed by atoms with Crippen LogP contribution in [-0.4, -0.2) is 83.6 Å². The molecule has 0 aromatic heterocycles. The first-order valence-electron chi connectivity index (χ1n) is 12.7. The molecule has 6 nitrogen and oxygen atoms in total. The average Bonchev–Trinajstić information content (AvgIpc) is 3.38. The van der Waals surface area contributed by atoms with Gasteiger partial charge in [-0.1, -0.05) is 6.08 Å². The maximum atomic E-state index is 5.21. The van der Waals surface area contributed by atoms with Gasteiger partial charge in [0, 0.05) is 73.9 Å². The van der Waals surface area contributed by atoms with E-state index < -0.39 is 0 Å². The van der Waals surface area contributed by atoms with Gasteiger partial charge < -0.3 is 19.6 Å². The second-order valence-corrected chi connectivity index (χ2v) is 8.31. The van der Waals surface area contributed by atoms with Gasteiger partial charge in [0.1, 0.15) is 23.3 Å². The molecule has 0 atom stereocenters. The first-order valence-corrected chi connectivity index (χ1v) is 12.7. The summed E-state index contributed by atoms with van der Waals surface area (Å²) in [7, 11) is 0. The molecule has 1 aromatic rings. The molecule has 0 radical (unpaired) electrons. The van der Waals surface area contributed by atoms with E-state index in [1.54, 1.807) is 0 Å². The lowest BCUT2D eigenvalue weighted by atomic mass is 10.0. The summed E-state index contributed by atoms with van der Waals surface area (Å²) in [6.07, 6.45) is 1.96. The fourth-order valence-electron chi connectivity index (χ4n) is 4.84. The summed E-state index contributed by atoms with van der Waals surface area (Å²) in [6, 6.07) is 4.70. The highest BCUT2D eigenvalue weighted by molar-refractivity contribution is 6.08. The zero-order valence-electron chi connectivity index (χ0n) is 21.8. The molecule has 2 aliphatic rings. The summed E-state index contributed by atoms with van der Waals surface area (Å²) in [5.41, 5.74) is 2.44. The Kier molecular flexibility index (Phi) is 8.22. The first-order chi connectivity index (χ1) is 16.0. The predicted octanol–water partition coefficient (Wildman–Crippen LogP) is 2.87. The van der Waals surface area contributed by atoms with Crippen LogP contribution in [0.3, 0.4) is 0 Å². The van der Waals surface area contributed by atoms with Gasteiger partial charge in [-0.3, -0.25) is 0 Å². The standard InChI is InChI=1S/C27H42N6/c1-9-17-33(16-8)27-23-19-21-20(18-22(23)26(29-27)32(14-6)15-7)24(30(10-2)11-3)28-25(21)31(12-4)13-5/h9,18-19H,1,10-17H2,2-8H3. The highest BCUT2D eigenvalue weighted by Crippen LogP contribution is 2.21. The fraction of sp³-hybridized carbons (Fsp3) is 0.556. The second-order valence-electron chi connectivity index (χ2n) is 8.31. The van der Waals surface area contributed by atoms with Crippen LogP contribution in [0.4, 0.5) is 0 Å². The van der Waals surface area contributed by atoms with Gasteiger partial charge in [0.15, 0.2) is 0 Å². The molecule has 0 unspecified atom stereocenters. The molecule has 0 amide bonds. The van der Waals surface area contributed by atoms with Crippen LogP contribution in [0, 0.1) is 0 Å². The monoisotopic (exact) mass is 450 g/mol. The van der Waals surface area contributed by atoms with E-state index in [2.05, 4.69) is 86.8 Å². The van der Waals surface area contributed by atoms with Gasteiger partial charge >= 0.3 is 0 Å². The number of nitrogens with zero attached hydrogens (tertiary/aromatic N) is 6. The molecule has 1 aromatic carbocycles. The Bertz CT molecular complexity index is 1040. The Balaban J connectivity index is 2.35. The summed E-state index contributed by atoms with van der Waals surface area (Å²) in [5.74, 6) is 4.30. The Hall–Kier alpha value is -2.76. The van der Waals surface area contributed by atoms with Crippen molar-refractivity contribution >= 4 is 23.3 Å². The molecule has 0 saturated heterocycles. The van der Waals surface area contributed by atoms with Gasteiger partial charge in [-0.05, 0) is 60.6 Å². The molecule has 6 heteroatoms. The van der Waals surface area contributed by atoms with E-state index in [0.29, 0.717) is 0 Å². The topological polar surface area (TPSA) is 37.7 Å². The van der Waals surface area contributed by atoms with Gasteiger partial charge in [-0.25, -0.2) is 9.98 Å². The quantitative estimate of drug-likeness (QED) is 0.486. The minimum atomic E-state index is 0.783. The Morgan fingerprint density at radius 2 is 0.970 bits per heavy atom. The van der Waals surface area contributed by atoms with E-state index in [-0.39, 0.29) is 0 Å². The zero-order valence-corrected chi connectivity index (χ0v) is 21.8. The zero-order chi connectivity index (χ0) is 24.1. The molecular weight excluding hydrogens is 408 g/mol. The number of aliphatic imine (C=N–C) groups is 2. The molecular formula is C27H42N6. The van der Waals surface area contributed by atoms with Crippen molar-refractivity contribution in [3.05, 3.63) is 46.4 Å². The van der Waals surface area contributed by atoms with Crippen LogP contribution in [0.15, 0.2) is 34.8 Å². The van der Waals surface area contributed by atoms with Crippen LogP contribution in [0.1, 0.15) is 59.6 Å². The van der Waals surface area contributed by atoms with Crippen LogP contribution in [0.25, 0.3) is 11.6 Å². The third-order valence-corrected chi connectivity index (χ3v) is 6.76. The molecule has 0 aliphatic carbocycles. The van der Waals surface area contributed by atoms with Crippen LogP contribution >= 0.6 is 0 Å². The second kappa shape index (κ2) is 10.9. The van der Waals surface area contributed by atoms with Crippen molar-refractivity contribution in [3.8, 4) is 0 Å². The summed E-state index contributed by atoms with van der Waals surface area (Å²) in [5, 5.41) is 2.44. The number of benzene rings is 1.